The molecule has 43 heavy (non-hydrogen) atoms. The first-order chi connectivity index (χ1) is 20.2. The number of carbonyl (C=O) groups is 2. The number of fused-ring (bicyclic) bond motifs is 1. The molecule has 0 aliphatic carbocycles. The molecular formula is C33H44N4O6. The predicted octanol–water partition coefficient (Wildman–Crippen LogP) is 5.86. The molecule has 3 heterocycles. The Hall–Kier alpha value is -3.95. The first kappa shape index (κ1) is 32.0. The summed E-state index contributed by atoms with van der Waals surface area (Å²) in [7, 11) is 0. The number of aliphatic carboxylic acids is 2. The summed E-state index contributed by atoms with van der Waals surface area (Å²) in [4.78, 5) is 32.9. The molecule has 0 saturated carbocycles. The van der Waals surface area contributed by atoms with Gasteiger partial charge in [-0.05, 0) is 59.3 Å². The van der Waals surface area contributed by atoms with Crippen LogP contribution in [0, 0.1) is 0 Å². The quantitative estimate of drug-likeness (QED) is 0.234. The summed E-state index contributed by atoms with van der Waals surface area (Å²) in [6, 6.07) is 8.20. The van der Waals surface area contributed by atoms with Crippen molar-refractivity contribution in [2.24, 2.45) is 0 Å². The van der Waals surface area contributed by atoms with E-state index in [1.807, 2.05) is 32.9 Å². The van der Waals surface area contributed by atoms with E-state index in [0.29, 0.717) is 29.4 Å². The van der Waals surface area contributed by atoms with Crippen LogP contribution in [-0.4, -0.2) is 50.4 Å². The standard InChI is InChI=1S/C33H44N4O6/c1-32(2,3)22-17-24(30(42-19-29(40)41)25(18-22)33(4,5)6)21(16-28(38)39)15-27-36-26(37-43-27)11-7-10-23-13-12-20-9-8-14-34-31(20)35-23/h12-13,17-18,21H,7-11,14-16,19H2,1-6H3,(H,34,35)(H,38,39)(H,40,41). The fourth-order valence-electron chi connectivity index (χ4n) is 5.36. The lowest BCUT2D eigenvalue weighted by atomic mass is 9.76. The second-order valence-corrected chi connectivity index (χ2v) is 13.4. The zero-order valence-corrected chi connectivity index (χ0v) is 26.1. The Morgan fingerprint density at radius 1 is 1.02 bits per heavy atom. The van der Waals surface area contributed by atoms with Gasteiger partial charge in [0, 0.05) is 36.6 Å². The molecule has 1 atom stereocenters. The SMILES string of the molecule is CC(C)(C)c1cc(C(CC(=O)O)Cc2nc(CCCc3ccc4c(n3)NCCC4)no2)c(OCC(=O)O)c(C(C)(C)C)c1. The van der Waals surface area contributed by atoms with Gasteiger partial charge >= 0.3 is 11.9 Å². The molecule has 4 rings (SSSR count). The van der Waals surface area contributed by atoms with Crippen LogP contribution < -0.4 is 10.1 Å². The molecule has 1 unspecified atom stereocenters. The maximum atomic E-state index is 12.1. The minimum absolute atomic E-state index is 0.179. The van der Waals surface area contributed by atoms with Gasteiger partial charge in [-0.1, -0.05) is 64.9 Å². The second kappa shape index (κ2) is 13.1. The van der Waals surface area contributed by atoms with Crippen LogP contribution in [0.5, 0.6) is 5.75 Å². The third-order valence-corrected chi connectivity index (χ3v) is 7.71. The Balaban J connectivity index is 1.58. The van der Waals surface area contributed by atoms with Crippen LogP contribution in [0.3, 0.4) is 0 Å². The van der Waals surface area contributed by atoms with Crippen molar-refractivity contribution in [3.63, 3.8) is 0 Å². The van der Waals surface area contributed by atoms with Crippen molar-refractivity contribution in [2.45, 2.75) is 103 Å². The predicted molar refractivity (Wildman–Crippen MR) is 163 cm³/mol. The minimum Gasteiger partial charge on any atom is -0.481 e. The highest BCUT2D eigenvalue weighted by molar-refractivity contribution is 5.70. The van der Waals surface area contributed by atoms with Gasteiger partial charge in [0.05, 0.1) is 6.42 Å². The van der Waals surface area contributed by atoms with Gasteiger partial charge in [0.25, 0.3) is 0 Å². The topological polar surface area (TPSA) is 148 Å². The number of rotatable bonds is 12. The van der Waals surface area contributed by atoms with E-state index in [4.69, 9.17) is 14.2 Å². The summed E-state index contributed by atoms with van der Waals surface area (Å²) < 4.78 is 11.5. The normalized spacial score (nSPS) is 14.1. The lowest BCUT2D eigenvalue weighted by Crippen LogP contribution is -2.22. The highest BCUT2D eigenvalue weighted by Crippen LogP contribution is 2.43. The Morgan fingerprint density at radius 3 is 2.47 bits per heavy atom. The van der Waals surface area contributed by atoms with E-state index in [1.54, 1.807) is 0 Å². The van der Waals surface area contributed by atoms with Crippen molar-refractivity contribution in [3.05, 3.63) is 63.9 Å². The van der Waals surface area contributed by atoms with Crippen LogP contribution in [0.1, 0.15) is 106 Å². The molecule has 1 aliphatic heterocycles. The molecule has 0 bridgehead atoms. The molecule has 0 amide bonds. The summed E-state index contributed by atoms with van der Waals surface area (Å²) >= 11 is 0. The van der Waals surface area contributed by atoms with E-state index < -0.39 is 29.9 Å². The first-order valence-electron chi connectivity index (χ1n) is 15.0. The van der Waals surface area contributed by atoms with Crippen molar-refractivity contribution < 1.29 is 29.1 Å². The number of hydrogen-bond acceptors (Lipinski definition) is 8. The van der Waals surface area contributed by atoms with Crippen molar-refractivity contribution in [1.29, 1.82) is 0 Å². The fraction of sp³-hybridized carbons (Fsp3) is 0.545. The minimum atomic E-state index is -1.11. The Bertz CT molecular complexity index is 1450. The second-order valence-electron chi connectivity index (χ2n) is 13.4. The van der Waals surface area contributed by atoms with E-state index >= 15 is 0 Å². The molecule has 0 saturated heterocycles. The summed E-state index contributed by atoms with van der Waals surface area (Å²) in [6.07, 6.45) is 4.31. The van der Waals surface area contributed by atoms with Crippen LogP contribution in [0.4, 0.5) is 5.82 Å². The number of anilines is 1. The smallest absolute Gasteiger partial charge is 0.341 e. The van der Waals surface area contributed by atoms with Crippen LogP contribution in [0.2, 0.25) is 0 Å². The van der Waals surface area contributed by atoms with Gasteiger partial charge in [-0.3, -0.25) is 4.79 Å². The number of aryl methyl sites for hydroxylation is 3. The Labute approximate surface area is 253 Å². The maximum absolute atomic E-state index is 12.1. The molecule has 3 aromatic rings. The van der Waals surface area contributed by atoms with Gasteiger partial charge in [-0.2, -0.15) is 4.98 Å². The maximum Gasteiger partial charge on any atom is 0.341 e. The number of benzene rings is 1. The highest BCUT2D eigenvalue weighted by atomic mass is 16.5. The van der Waals surface area contributed by atoms with Crippen molar-refractivity contribution >= 4 is 17.8 Å². The van der Waals surface area contributed by atoms with E-state index in [-0.39, 0.29) is 18.3 Å². The van der Waals surface area contributed by atoms with Crippen molar-refractivity contribution in [2.75, 3.05) is 18.5 Å². The average molecular weight is 593 g/mol. The fourth-order valence-corrected chi connectivity index (χ4v) is 5.36. The molecule has 0 spiro atoms. The van der Waals surface area contributed by atoms with E-state index in [9.17, 15) is 19.8 Å². The van der Waals surface area contributed by atoms with Crippen LogP contribution in [0.15, 0.2) is 28.8 Å². The summed E-state index contributed by atoms with van der Waals surface area (Å²) in [5, 5.41) is 26.8. The summed E-state index contributed by atoms with van der Waals surface area (Å²) in [6.45, 7) is 12.7. The third kappa shape index (κ3) is 8.55. The number of carboxylic acids is 2. The molecule has 10 heteroatoms. The molecule has 2 aromatic heterocycles. The molecule has 1 aromatic carbocycles. The van der Waals surface area contributed by atoms with Gasteiger partial charge in [0.1, 0.15) is 11.6 Å². The zero-order valence-electron chi connectivity index (χ0n) is 26.1. The number of pyridine rings is 1. The van der Waals surface area contributed by atoms with Gasteiger partial charge in [0.2, 0.25) is 5.89 Å². The number of carboxylic acid groups (broad SMARTS) is 2. The molecule has 0 fully saturated rings. The summed E-state index contributed by atoms with van der Waals surface area (Å²) in [5.41, 5.74) is 4.10. The van der Waals surface area contributed by atoms with Crippen molar-refractivity contribution in [1.82, 2.24) is 15.1 Å². The Kier molecular flexibility index (Phi) is 9.77. The van der Waals surface area contributed by atoms with Crippen molar-refractivity contribution in [3.8, 4) is 5.75 Å². The molecule has 232 valence electrons. The number of nitrogens with zero attached hydrogens (tertiary/aromatic N) is 3. The van der Waals surface area contributed by atoms with Gasteiger partial charge in [-0.15, -0.1) is 0 Å². The highest BCUT2D eigenvalue weighted by Gasteiger charge is 2.31. The van der Waals surface area contributed by atoms with E-state index in [1.165, 1.54) is 5.56 Å². The van der Waals surface area contributed by atoms with Crippen LogP contribution in [0.25, 0.3) is 0 Å². The third-order valence-electron chi connectivity index (χ3n) is 7.71. The van der Waals surface area contributed by atoms with Gasteiger partial charge in [0.15, 0.2) is 12.4 Å². The molecule has 0 radical (unpaired) electrons. The molecule has 10 nitrogen and oxygen atoms in total. The zero-order chi connectivity index (χ0) is 31.4. The lowest BCUT2D eigenvalue weighted by Gasteiger charge is -2.31. The average Bonchev–Trinajstić information content (AvgIpc) is 3.36. The number of hydrogen-bond donors (Lipinski definition) is 3. The molecule has 3 N–H and O–H groups in total. The number of aromatic nitrogens is 3. The Morgan fingerprint density at radius 2 is 1.79 bits per heavy atom. The van der Waals surface area contributed by atoms with Gasteiger partial charge < -0.3 is 24.8 Å². The van der Waals surface area contributed by atoms with E-state index in [0.717, 1.165) is 54.9 Å². The number of ether oxygens (including phenoxy) is 1. The van der Waals surface area contributed by atoms with Gasteiger partial charge in [-0.25, -0.2) is 9.78 Å². The number of nitrogens with one attached hydrogen (secondary N) is 1. The lowest BCUT2D eigenvalue weighted by molar-refractivity contribution is -0.140. The summed E-state index contributed by atoms with van der Waals surface area (Å²) in [5.74, 6) is -0.400. The monoisotopic (exact) mass is 592 g/mol. The van der Waals surface area contributed by atoms with Crippen LogP contribution >= 0.6 is 0 Å². The van der Waals surface area contributed by atoms with E-state index in [2.05, 4.69) is 48.4 Å². The first-order valence-corrected chi connectivity index (χ1v) is 15.0. The molecular weight excluding hydrogens is 548 g/mol. The molecule has 1 aliphatic rings. The largest absolute Gasteiger partial charge is 0.481 e. The van der Waals surface area contributed by atoms with Crippen LogP contribution in [-0.2, 0) is 46.1 Å².